The zero-order valence-electron chi connectivity index (χ0n) is 9.37. The highest BCUT2D eigenvalue weighted by molar-refractivity contribution is 5.95. The minimum atomic E-state index is -0.0347. The van der Waals surface area contributed by atoms with E-state index in [-0.39, 0.29) is 11.9 Å². The summed E-state index contributed by atoms with van der Waals surface area (Å²) in [4.78, 5) is 4.11. The van der Waals surface area contributed by atoms with Gasteiger partial charge in [-0.3, -0.25) is 0 Å². The maximum atomic E-state index is 8.54. The van der Waals surface area contributed by atoms with Crippen molar-refractivity contribution in [3.05, 3.63) is 23.9 Å². The van der Waals surface area contributed by atoms with Crippen LogP contribution in [0.1, 0.15) is 18.5 Å². The summed E-state index contributed by atoms with van der Waals surface area (Å²) in [6.45, 7) is 1.28. The standard InChI is InChI=1S/C11H15N3O3/c12-11(14-15)9-4-1-5-10(13-9)17-7-8-3-2-6-16-8/h1,4-5,8,15H,2-3,6-7H2,(H2,12,14). The number of oxime groups is 1. The molecule has 1 fully saturated rings. The van der Waals surface area contributed by atoms with Crippen molar-refractivity contribution in [3.63, 3.8) is 0 Å². The van der Waals surface area contributed by atoms with E-state index < -0.39 is 0 Å². The van der Waals surface area contributed by atoms with E-state index in [0.29, 0.717) is 18.2 Å². The summed E-state index contributed by atoms with van der Waals surface area (Å²) < 4.78 is 10.9. The van der Waals surface area contributed by atoms with Crippen LogP contribution in [-0.4, -0.2) is 35.3 Å². The van der Waals surface area contributed by atoms with Crippen molar-refractivity contribution in [2.75, 3.05) is 13.2 Å². The van der Waals surface area contributed by atoms with Crippen molar-refractivity contribution in [2.45, 2.75) is 18.9 Å². The molecule has 2 heterocycles. The molecule has 0 amide bonds. The summed E-state index contributed by atoms with van der Waals surface area (Å²) in [7, 11) is 0. The van der Waals surface area contributed by atoms with Gasteiger partial charge in [0.05, 0.1) is 6.10 Å². The maximum Gasteiger partial charge on any atom is 0.213 e. The zero-order chi connectivity index (χ0) is 12.1. The second-order valence-corrected chi connectivity index (χ2v) is 3.79. The molecule has 0 saturated carbocycles. The van der Waals surface area contributed by atoms with Crippen LogP contribution in [0.2, 0.25) is 0 Å². The number of nitrogens with zero attached hydrogens (tertiary/aromatic N) is 2. The third-order valence-electron chi connectivity index (χ3n) is 2.53. The van der Waals surface area contributed by atoms with E-state index in [1.54, 1.807) is 18.2 Å². The topological polar surface area (TPSA) is 90.0 Å². The highest BCUT2D eigenvalue weighted by Gasteiger charge is 2.16. The molecule has 92 valence electrons. The second-order valence-electron chi connectivity index (χ2n) is 3.79. The summed E-state index contributed by atoms with van der Waals surface area (Å²) in [6.07, 6.45) is 2.23. The number of hydrogen-bond acceptors (Lipinski definition) is 5. The Morgan fingerprint density at radius 3 is 3.24 bits per heavy atom. The van der Waals surface area contributed by atoms with E-state index in [9.17, 15) is 0 Å². The second kappa shape index (κ2) is 5.49. The molecule has 0 spiro atoms. The average molecular weight is 237 g/mol. The summed E-state index contributed by atoms with van der Waals surface area (Å²) in [6, 6.07) is 5.11. The van der Waals surface area contributed by atoms with Gasteiger partial charge in [0.1, 0.15) is 12.3 Å². The molecule has 1 aliphatic rings. The Morgan fingerprint density at radius 2 is 2.53 bits per heavy atom. The van der Waals surface area contributed by atoms with Gasteiger partial charge in [0, 0.05) is 12.7 Å². The van der Waals surface area contributed by atoms with E-state index in [0.717, 1.165) is 19.4 Å². The quantitative estimate of drug-likeness (QED) is 0.349. The van der Waals surface area contributed by atoms with E-state index in [4.69, 9.17) is 20.4 Å². The van der Waals surface area contributed by atoms with Gasteiger partial charge in [0.15, 0.2) is 5.84 Å². The molecular weight excluding hydrogens is 222 g/mol. The molecule has 3 N–H and O–H groups in total. The number of pyridine rings is 1. The highest BCUT2D eigenvalue weighted by Crippen LogP contribution is 2.14. The van der Waals surface area contributed by atoms with Crippen molar-refractivity contribution in [2.24, 2.45) is 10.9 Å². The summed E-state index contributed by atoms with van der Waals surface area (Å²) >= 11 is 0. The molecule has 6 heteroatoms. The molecule has 6 nitrogen and oxygen atoms in total. The lowest BCUT2D eigenvalue weighted by molar-refractivity contribution is 0.0663. The van der Waals surface area contributed by atoms with Crippen molar-refractivity contribution in [1.29, 1.82) is 0 Å². The molecule has 2 rings (SSSR count). The first-order chi connectivity index (χ1) is 8.29. The lowest BCUT2D eigenvalue weighted by Crippen LogP contribution is -2.18. The van der Waals surface area contributed by atoms with E-state index in [2.05, 4.69) is 10.1 Å². The largest absolute Gasteiger partial charge is 0.475 e. The highest BCUT2D eigenvalue weighted by atomic mass is 16.5. The number of rotatable bonds is 4. The Kier molecular flexibility index (Phi) is 3.77. The number of hydrogen-bond donors (Lipinski definition) is 2. The van der Waals surface area contributed by atoms with Crippen LogP contribution < -0.4 is 10.5 Å². The zero-order valence-corrected chi connectivity index (χ0v) is 9.37. The summed E-state index contributed by atoms with van der Waals surface area (Å²) in [5.74, 6) is 0.414. The molecule has 1 aliphatic heterocycles. The molecule has 1 aromatic heterocycles. The summed E-state index contributed by atoms with van der Waals surface area (Å²) in [5, 5.41) is 11.4. The van der Waals surface area contributed by atoms with Gasteiger partial charge in [-0.05, 0) is 18.9 Å². The lowest BCUT2D eigenvalue weighted by Gasteiger charge is -2.11. The van der Waals surface area contributed by atoms with Gasteiger partial charge >= 0.3 is 0 Å². The molecule has 1 saturated heterocycles. The molecule has 0 radical (unpaired) electrons. The van der Waals surface area contributed by atoms with Crippen molar-refractivity contribution < 1.29 is 14.7 Å². The Hall–Kier alpha value is -1.82. The first-order valence-corrected chi connectivity index (χ1v) is 5.49. The molecule has 1 aromatic rings. The van der Waals surface area contributed by atoms with Gasteiger partial charge in [-0.1, -0.05) is 11.2 Å². The third kappa shape index (κ3) is 3.07. The van der Waals surface area contributed by atoms with Crippen LogP contribution in [0.3, 0.4) is 0 Å². The fourth-order valence-electron chi connectivity index (χ4n) is 1.64. The minimum Gasteiger partial charge on any atom is -0.475 e. The Morgan fingerprint density at radius 1 is 1.65 bits per heavy atom. The summed E-state index contributed by atoms with van der Waals surface area (Å²) in [5.41, 5.74) is 5.83. The van der Waals surface area contributed by atoms with Crippen molar-refractivity contribution in [1.82, 2.24) is 4.98 Å². The fourth-order valence-corrected chi connectivity index (χ4v) is 1.64. The van der Waals surface area contributed by atoms with Gasteiger partial charge in [-0.25, -0.2) is 4.98 Å². The van der Waals surface area contributed by atoms with Crippen LogP contribution in [0.25, 0.3) is 0 Å². The van der Waals surface area contributed by atoms with Gasteiger partial charge in [-0.2, -0.15) is 0 Å². The van der Waals surface area contributed by atoms with Gasteiger partial charge in [0.2, 0.25) is 5.88 Å². The van der Waals surface area contributed by atoms with E-state index in [1.807, 2.05) is 0 Å². The van der Waals surface area contributed by atoms with Crippen LogP contribution >= 0.6 is 0 Å². The number of ether oxygens (including phenoxy) is 2. The fraction of sp³-hybridized carbons (Fsp3) is 0.455. The number of aromatic nitrogens is 1. The molecule has 0 aliphatic carbocycles. The first-order valence-electron chi connectivity index (χ1n) is 5.49. The van der Waals surface area contributed by atoms with Crippen LogP contribution in [0, 0.1) is 0 Å². The first kappa shape index (κ1) is 11.7. The van der Waals surface area contributed by atoms with Gasteiger partial charge < -0.3 is 20.4 Å². The monoisotopic (exact) mass is 237 g/mol. The Bertz CT molecular complexity index is 403. The van der Waals surface area contributed by atoms with Crippen LogP contribution in [0.4, 0.5) is 0 Å². The number of amidine groups is 1. The SMILES string of the molecule is NC(=NO)c1cccc(OCC2CCCO2)n1. The molecule has 0 bridgehead atoms. The van der Waals surface area contributed by atoms with Crippen LogP contribution in [-0.2, 0) is 4.74 Å². The normalized spacial score (nSPS) is 20.5. The third-order valence-corrected chi connectivity index (χ3v) is 2.53. The molecule has 0 aromatic carbocycles. The maximum absolute atomic E-state index is 8.54. The van der Waals surface area contributed by atoms with E-state index >= 15 is 0 Å². The predicted molar refractivity (Wildman–Crippen MR) is 61.2 cm³/mol. The van der Waals surface area contributed by atoms with Crippen molar-refractivity contribution in [3.8, 4) is 5.88 Å². The molecular formula is C11H15N3O3. The Labute approximate surface area is 99.0 Å². The van der Waals surface area contributed by atoms with Crippen molar-refractivity contribution >= 4 is 5.84 Å². The molecule has 1 unspecified atom stereocenters. The lowest BCUT2D eigenvalue weighted by atomic mass is 10.2. The molecule has 1 atom stereocenters. The van der Waals surface area contributed by atoms with Crippen LogP contribution in [0.5, 0.6) is 5.88 Å². The average Bonchev–Trinajstić information content (AvgIpc) is 2.89. The minimum absolute atomic E-state index is 0.0347. The number of nitrogens with two attached hydrogens (primary N) is 1. The smallest absolute Gasteiger partial charge is 0.213 e. The predicted octanol–water partition coefficient (Wildman–Crippen LogP) is 0.734. The van der Waals surface area contributed by atoms with Crippen LogP contribution in [0.15, 0.2) is 23.4 Å². The van der Waals surface area contributed by atoms with Gasteiger partial charge in [-0.15, -0.1) is 0 Å². The Balaban J connectivity index is 1.96. The molecule has 17 heavy (non-hydrogen) atoms. The van der Waals surface area contributed by atoms with Gasteiger partial charge in [0.25, 0.3) is 0 Å². The van der Waals surface area contributed by atoms with E-state index in [1.165, 1.54) is 0 Å².